The van der Waals surface area contributed by atoms with E-state index in [-0.39, 0.29) is 23.3 Å². The van der Waals surface area contributed by atoms with Crippen LogP contribution in [0.15, 0.2) is 48.7 Å². The molecule has 2 N–H and O–H groups in total. The van der Waals surface area contributed by atoms with Gasteiger partial charge < -0.3 is 10.6 Å². The Kier molecular flexibility index (Phi) is 6.42. The van der Waals surface area contributed by atoms with Gasteiger partial charge in [0.05, 0.1) is 5.52 Å². The molecule has 0 fully saturated rings. The number of nitrogens with zero attached hydrogens (tertiary/aromatic N) is 2. The number of benzene rings is 1. The monoisotopic (exact) mass is 378 g/mol. The maximum absolute atomic E-state index is 12.8. The average molecular weight is 378 g/mol. The first-order valence-electron chi connectivity index (χ1n) is 9.79. The number of aromatic nitrogens is 2. The molecule has 3 aromatic rings. The van der Waals surface area contributed by atoms with Gasteiger partial charge in [-0.2, -0.15) is 0 Å². The predicted molar refractivity (Wildman–Crippen MR) is 111 cm³/mol. The van der Waals surface area contributed by atoms with Gasteiger partial charge in [0.1, 0.15) is 0 Å². The third kappa shape index (κ3) is 4.39. The van der Waals surface area contributed by atoms with Crippen molar-refractivity contribution in [3.63, 3.8) is 0 Å². The fourth-order valence-electron chi connectivity index (χ4n) is 3.04. The lowest BCUT2D eigenvalue weighted by atomic mass is 10.1. The molecule has 6 heteroatoms. The molecule has 0 atom stereocenters. The van der Waals surface area contributed by atoms with E-state index in [1.165, 1.54) is 5.56 Å². The van der Waals surface area contributed by atoms with Crippen LogP contribution in [0, 0.1) is 0 Å². The van der Waals surface area contributed by atoms with Crippen LogP contribution < -0.4 is 10.6 Å². The molecule has 6 nitrogen and oxygen atoms in total. The molecule has 2 heterocycles. The summed E-state index contributed by atoms with van der Waals surface area (Å²) < 4.78 is 1.65. The SMILES string of the molecule is CCCCCNC(=O)c1nc(C(=O)Nc2ccc(CC)cc2)n2ccccc12. The maximum Gasteiger partial charge on any atom is 0.292 e. The Bertz CT molecular complexity index is 960. The van der Waals surface area contributed by atoms with Crippen molar-refractivity contribution < 1.29 is 9.59 Å². The number of hydrogen-bond donors (Lipinski definition) is 2. The van der Waals surface area contributed by atoms with E-state index in [9.17, 15) is 9.59 Å². The molecular weight excluding hydrogens is 352 g/mol. The van der Waals surface area contributed by atoms with Gasteiger partial charge in [-0.15, -0.1) is 0 Å². The lowest BCUT2D eigenvalue weighted by Gasteiger charge is -2.05. The fourth-order valence-corrected chi connectivity index (χ4v) is 3.04. The topological polar surface area (TPSA) is 75.5 Å². The molecule has 0 bridgehead atoms. The third-order valence-electron chi connectivity index (χ3n) is 4.65. The van der Waals surface area contributed by atoms with Crippen molar-refractivity contribution in [2.24, 2.45) is 0 Å². The van der Waals surface area contributed by atoms with E-state index in [2.05, 4.69) is 29.5 Å². The number of rotatable bonds is 8. The zero-order valence-corrected chi connectivity index (χ0v) is 16.4. The van der Waals surface area contributed by atoms with E-state index in [1.54, 1.807) is 16.7 Å². The van der Waals surface area contributed by atoms with Gasteiger partial charge in [-0.1, -0.05) is 44.9 Å². The molecule has 0 saturated carbocycles. The summed E-state index contributed by atoms with van der Waals surface area (Å²) in [6.45, 7) is 4.80. The lowest BCUT2D eigenvalue weighted by Crippen LogP contribution is -2.25. The highest BCUT2D eigenvalue weighted by Gasteiger charge is 2.21. The number of aryl methyl sites for hydroxylation is 1. The lowest BCUT2D eigenvalue weighted by molar-refractivity contribution is 0.0950. The van der Waals surface area contributed by atoms with Crippen molar-refractivity contribution >= 4 is 23.0 Å². The van der Waals surface area contributed by atoms with Gasteiger partial charge in [0.2, 0.25) is 5.82 Å². The first kappa shape index (κ1) is 19.6. The number of anilines is 1. The van der Waals surface area contributed by atoms with E-state index in [4.69, 9.17) is 0 Å². The average Bonchev–Trinajstić information content (AvgIpc) is 3.11. The van der Waals surface area contributed by atoms with Crippen molar-refractivity contribution in [2.75, 3.05) is 11.9 Å². The second-order valence-electron chi connectivity index (χ2n) is 6.71. The van der Waals surface area contributed by atoms with Gasteiger partial charge >= 0.3 is 0 Å². The second kappa shape index (κ2) is 9.17. The summed E-state index contributed by atoms with van der Waals surface area (Å²) in [6, 6.07) is 13.1. The molecule has 0 unspecified atom stereocenters. The van der Waals surface area contributed by atoms with Crippen LogP contribution in [0.4, 0.5) is 5.69 Å². The number of imidazole rings is 1. The standard InChI is InChI=1S/C22H26N4O2/c1-3-5-7-14-23-21(27)19-18-9-6-8-15-26(18)20(25-19)22(28)24-17-12-10-16(4-2)11-13-17/h6,8-13,15H,3-5,7,14H2,1-2H3,(H,23,27)(H,24,28). The Morgan fingerprint density at radius 3 is 2.50 bits per heavy atom. The highest BCUT2D eigenvalue weighted by Crippen LogP contribution is 2.16. The Morgan fingerprint density at radius 2 is 1.79 bits per heavy atom. The van der Waals surface area contributed by atoms with E-state index < -0.39 is 0 Å². The van der Waals surface area contributed by atoms with Crippen LogP contribution in [0.25, 0.3) is 5.52 Å². The first-order valence-corrected chi connectivity index (χ1v) is 9.79. The van der Waals surface area contributed by atoms with Crippen molar-refractivity contribution in [3.8, 4) is 0 Å². The summed E-state index contributed by atoms with van der Waals surface area (Å²) >= 11 is 0. The number of amides is 2. The molecule has 0 saturated heterocycles. The van der Waals surface area contributed by atoms with E-state index in [0.717, 1.165) is 25.7 Å². The minimum absolute atomic E-state index is 0.189. The van der Waals surface area contributed by atoms with E-state index in [0.29, 0.717) is 17.7 Å². The number of fused-ring (bicyclic) bond motifs is 1. The first-order chi connectivity index (χ1) is 13.6. The quantitative estimate of drug-likeness (QED) is 0.580. The highest BCUT2D eigenvalue weighted by molar-refractivity contribution is 6.06. The van der Waals surface area contributed by atoms with Gasteiger partial charge in [-0.25, -0.2) is 4.98 Å². The molecule has 1 aromatic carbocycles. The Morgan fingerprint density at radius 1 is 1.00 bits per heavy atom. The van der Waals surface area contributed by atoms with Crippen LogP contribution in [0.5, 0.6) is 0 Å². The van der Waals surface area contributed by atoms with Gasteiger partial charge in [-0.05, 0) is 42.7 Å². The Labute approximate surface area is 165 Å². The Hall–Kier alpha value is -3.15. The number of carbonyl (C=O) groups is 2. The van der Waals surface area contributed by atoms with Gasteiger partial charge in [0.15, 0.2) is 5.69 Å². The summed E-state index contributed by atoms with van der Waals surface area (Å²) in [7, 11) is 0. The van der Waals surface area contributed by atoms with Gasteiger partial charge in [0.25, 0.3) is 11.8 Å². The van der Waals surface area contributed by atoms with Crippen LogP contribution >= 0.6 is 0 Å². The molecule has 0 spiro atoms. The minimum Gasteiger partial charge on any atom is -0.351 e. The summed E-state index contributed by atoms with van der Waals surface area (Å²) in [4.78, 5) is 29.7. The molecule has 146 valence electrons. The smallest absolute Gasteiger partial charge is 0.292 e. The predicted octanol–water partition coefficient (Wildman–Crippen LogP) is 4.07. The zero-order valence-electron chi connectivity index (χ0n) is 16.4. The van der Waals surface area contributed by atoms with Crippen molar-refractivity contribution in [2.45, 2.75) is 39.5 Å². The van der Waals surface area contributed by atoms with Crippen LogP contribution in [-0.4, -0.2) is 27.7 Å². The van der Waals surface area contributed by atoms with E-state index in [1.807, 2.05) is 36.4 Å². The maximum atomic E-state index is 12.8. The van der Waals surface area contributed by atoms with Crippen LogP contribution in [0.1, 0.15) is 59.8 Å². The molecule has 0 aliphatic heterocycles. The molecule has 28 heavy (non-hydrogen) atoms. The van der Waals surface area contributed by atoms with Crippen LogP contribution in [0.3, 0.4) is 0 Å². The van der Waals surface area contributed by atoms with Crippen molar-refractivity contribution in [1.82, 2.24) is 14.7 Å². The van der Waals surface area contributed by atoms with Crippen LogP contribution in [-0.2, 0) is 6.42 Å². The minimum atomic E-state index is -0.351. The number of nitrogens with one attached hydrogen (secondary N) is 2. The number of hydrogen-bond acceptors (Lipinski definition) is 3. The molecule has 0 aliphatic carbocycles. The molecule has 0 radical (unpaired) electrons. The van der Waals surface area contributed by atoms with Crippen molar-refractivity contribution in [3.05, 3.63) is 65.7 Å². The fraction of sp³-hybridized carbons (Fsp3) is 0.318. The van der Waals surface area contributed by atoms with Crippen molar-refractivity contribution in [1.29, 1.82) is 0 Å². The molecule has 2 aromatic heterocycles. The molecule has 2 amide bonds. The third-order valence-corrected chi connectivity index (χ3v) is 4.65. The second-order valence-corrected chi connectivity index (χ2v) is 6.71. The largest absolute Gasteiger partial charge is 0.351 e. The highest BCUT2D eigenvalue weighted by atomic mass is 16.2. The summed E-state index contributed by atoms with van der Waals surface area (Å²) in [6.07, 6.45) is 5.76. The number of carbonyl (C=O) groups excluding carboxylic acids is 2. The van der Waals surface area contributed by atoms with Crippen LogP contribution in [0.2, 0.25) is 0 Å². The molecular formula is C22H26N4O2. The van der Waals surface area contributed by atoms with Gasteiger partial charge in [-0.3, -0.25) is 14.0 Å². The normalized spacial score (nSPS) is 10.8. The van der Waals surface area contributed by atoms with E-state index >= 15 is 0 Å². The molecule has 3 rings (SSSR count). The zero-order chi connectivity index (χ0) is 19.9. The summed E-state index contributed by atoms with van der Waals surface area (Å²) in [5.41, 5.74) is 2.78. The summed E-state index contributed by atoms with van der Waals surface area (Å²) in [5, 5.41) is 5.75. The number of unbranched alkanes of at least 4 members (excludes halogenated alkanes) is 2. The number of pyridine rings is 1. The Balaban J connectivity index is 1.82. The summed E-state index contributed by atoms with van der Waals surface area (Å²) in [5.74, 6) is -0.421. The van der Waals surface area contributed by atoms with Gasteiger partial charge in [0, 0.05) is 18.4 Å². The molecule has 0 aliphatic rings.